The number of ether oxygens (including phenoxy) is 2. The number of sulfonamides is 1. The fraction of sp³-hybridized carbons (Fsp3) is 0.319. The zero-order chi connectivity index (χ0) is 41.9. The molecule has 4 aromatic carbocycles. The van der Waals surface area contributed by atoms with E-state index in [2.05, 4.69) is 73.4 Å². The van der Waals surface area contributed by atoms with Crippen LogP contribution >= 0.6 is 0 Å². The summed E-state index contributed by atoms with van der Waals surface area (Å²) < 4.78 is 41.2. The minimum absolute atomic E-state index is 0.0526. The highest BCUT2D eigenvalue weighted by molar-refractivity contribution is 7.90. The smallest absolute Gasteiger partial charge is 0.293 e. The quantitative estimate of drug-likeness (QED) is 0.0752. The van der Waals surface area contributed by atoms with Crippen LogP contribution in [0.2, 0.25) is 0 Å². The van der Waals surface area contributed by atoms with Crippen LogP contribution in [0.15, 0.2) is 114 Å². The van der Waals surface area contributed by atoms with Gasteiger partial charge in [-0.05, 0) is 121 Å². The van der Waals surface area contributed by atoms with Crippen molar-refractivity contribution in [2.24, 2.45) is 5.92 Å². The Balaban J connectivity index is 0.978. The molecule has 13 nitrogen and oxygen atoms in total. The van der Waals surface area contributed by atoms with Crippen molar-refractivity contribution < 1.29 is 27.6 Å². The van der Waals surface area contributed by atoms with E-state index in [0.717, 1.165) is 60.5 Å². The number of aromatic nitrogens is 2. The summed E-state index contributed by atoms with van der Waals surface area (Å²) in [6.07, 6.45) is 12.2. The Morgan fingerprint density at radius 2 is 1.66 bits per heavy atom. The molecule has 0 radical (unpaired) electrons. The zero-order valence-corrected chi connectivity index (χ0v) is 34.5. The van der Waals surface area contributed by atoms with Crippen molar-refractivity contribution in [1.82, 2.24) is 14.7 Å². The van der Waals surface area contributed by atoms with E-state index in [9.17, 15) is 23.3 Å². The number of rotatable bonds is 13. The second kappa shape index (κ2) is 17.4. The van der Waals surface area contributed by atoms with E-state index in [1.807, 2.05) is 6.07 Å². The van der Waals surface area contributed by atoms with Crippen LogP contribution in [-0.2, 0) is 14.8 Å². The van der Waals surface area contributed by atoms with Gasteiger partial charge in [-0.15, -0.1) is 0 Å². The van der Waals surface area contributed by atoms with Crippen LogP contribution in [0.5, 0.6) is 11.5 Å². The molecule has 2 saturated heterocycles. The standard InChI is InChI=1S/C47H48N6O7S/c54-47(51-61(57,58)38-16-18-42(44(28-38)53(55)56)49-29-31-20-24-59-25-21-31)41-17-13-34(27-45(41)60-37-26-35-19-22-48-46(35)50-30-37)32-11-14-36(15-12-32)52-23-5-10-43(52)40-9-4-3-8-39(40)33-6-1-2-7-33/h3-4,8-9,11-19,22,26-28,30-31,33,43,49H,1-2,5-7,10,20-21,23-25,29H2,(H,48,50)(H,51,54). The molecule has 3 N–H and O–H groups in total. The lowest BCUT2D eigenvalue weighted by atomic mass is 9.88. The third kappa shape index (κ3) is 8.68. The highest BCUT2D eigenvalue weighted by Gasteiger charge is 2.31. The Bertz CT molecular complexity index is 2670. The van der Waals surface area contributed by atoms with Crippen molar-refractivity contribution in [1.29, 1.82) is 0 Å². The van der Waals surface area contributed by atoms with Crippen LogP contribution in [-0.4, -0.2) is 55.5 Å². The Kier molecular flexibility index (Phi) is 11.4. The first-order valence-electron chi connectivity index (χ1n) is 21.1. The first-order valence-corrected chi connectivity index (χ1v) is 22.6. The van der Waals surface area contributed by atoms with Crippen LogP contribution < -0.4 is 19.7 Å². The Morgan fingerprint density at radius 1 is 0.885 bits per heavy atom. The number of anilines is 2. The Labute approximate surface area is 354 Å². The lowest BCUT2D eigenvalue weighted by Crippen LogP contribution is -2.31. The van der Waals surface area contributed by atoms with Gasteiger partial charge in [-0.25, -0.2) is 18.1 Å². The summed E-state index contributed by atoms with van der Waals surface area (Å²) in [6.45, 7) is 2.71. The topological polar surface area (TPSA) is 169 Å². The average Bonchev–Trinajstić information content (AvgIpc) is 4.09. The van der Waals surface area contributed by atoms with Gasteiger partial charge in [-0.1, -0.05) is 55.3 Å². The van der Waals surface area contributed by atoms with Gasteiger partial charge in [-0.3, -0.25) is 14.9 Å². The number of carbonyl (C=O) groups is 1. The number of nitro benzene ring substituents is 1. The van der Waals surface area contributed by atoms with Crippen LogP contribution in [0.1, 0.15) is 84.8 Å². The summed E-state index contributed by atoms with van der Waals surface area (Å²) in [4.78, 5) is 34.9. The largest absolute Gasteiger partial charge is 0.455 e. The number of nitrogens with zero attached hydrogens (tertiary/aromatic N) is 3. The highest BCUT2D eigenvalue weighted by Crippen LogP contribution is 2.43. The van der Waals surface area contributed by atoms with Gasteiger partial charge in [0.15, 0.2) is 0 Å². The van der Waals surface area contributed by atoms with Crippen molar-refractivity contribution in [2.75, 3.05) is 36.5 Å². The molecule has 3 aliphatic rings. The van der Waals surface area contributed by atoms with Gasteiger partial charge in [0.1, 0.15) is 22.8 Å². The van der Waals surface area contributed by atoms with Crippen LogP contribution in [0.25, 0.3) is 22.2 Å². The van der Waals surface area contributed by atoms with Gasteiger partial charge in [0.05, 0.1) is 27.6 Å². The molecule has 1 atom stereocenters. The van der Waals surface area contributed by atoms with E-state index in [4.69, 9.17) is 9.47 Å². The van der Waals surface area contributed by atoms with Gasteiger partial charge in [0.2, 0.25) is 0 Å². The number of H-pyrrole nitrogens is 1. The summed E-state index contributed by atoms with van der Waals surface area (Å²) in [5.41, 5.74) is 6.09. The minimum atomic E-state index is -4.56. The van der Waals surface area contributed by atoms with Gasteiger partial charge >= 0.3 is 0 Å². The molecule has 14 heteroatoms. The molecule has 2 aromatic heterocycles. The van der Waals surface area contributed by atoms with Gasteiger partial charge in [0.25, 0.3) is 21.6 Å². The molecular formula is C47H48N6O7S. The Morgan fingerprint density at radius 3 is 2.44 bits per heavy atom. The lowest BCUT2D eigenvalue weighted by Gasteiger charge is -2.30. The summed E-state index contributed by atoms with van der Waals surface area (Å²) in [6, 6.07) is 29.8. The van der Waals surface area contributed by atoms with E-state index in [0.29, 0.717) is 43.1 Å². The van der Waals surface area contributed by atoms with E-state index < -0.39 is 31.4 Å². The Hall–Kier alpha value is -6.25. The normalized spacial score (nSPS) is 17.4. The summed E-state index contributed by atoms with van der Waals surface area (Å²) >= 11 is 0. The maximum absolute atomic E-state index is 13.9. The number of pyridine rings is 1. The number of nitrogens with one attached hydrogen (secondary N) is 3. The van der Waals surface area contributed by atoms with E-state index in [1.165, 1.54) is 61.2 Å². The van der Waals surface area contributed by atoms with Crippen LogP contribution in [0.4, 0.5) is 17.1 Å². The molecular weight excluding hydrogens is 793 g/mol. The summed E-state index contributed by atoms with van der Waals surface area (Å²) in [5.74, 6) is 0.388. The van der Waals surface area contributed by atoms with Crippen LogP contribution in [0.3, 0.4) is 0 Å². The summed E-state index contributed by atoms with van der Waals surface area (Å²) in [7, 11) is -4.56. The van der Waals surface area contributed by atoms with Crippen molar-refractivity contribution in [2.45, 2.75) is 68.2 Å². The minimum Gasteiger partial charge on any atom is -0.455 e. The SMILES string of the molecule is O=C(NS(=O)(=O)c1ccc(NCC2CCOCC2)c([N+](=O)[O-])c1)c1ccc(-c2ccc(N3CCCC3c3ccccc3C3CCCC3)cc2)cc1Oc1cnc2[nH]ccc2c1. The number of hydrogen-bond donors (Lipinski definition) is 3. The zero-order valence-electron chi connectivity index (χ0n) is 33.7. The van der Waals surface area contributed by atoms with Gasteiger partial charge in [-0.2, -0.15) is 0 Å². The number of fused-ring (bicyclic) bond motifs is 1. The number of carbonyl (C=O) groups excluding carboxylic acids is 1. The van der Waals surface area contributed by atoms with Crippen molar-refractivity contribution in [3.05, 3.63) is 136 Å². The molecule has 1 saturated carbocycles. The molecule has 314 valence electrons. The lowest BCUT2D eigenvalue weighted by molar-refractivity contribution is -0.384. The van der Waals surface area contributed by atoms with Crippen LogP contribution in [0, 0.1) is 16.0 Å². The average molecular weight is 841 g/mol. The number of amides is 1. The molecule has 0 bridgehead atoms. The van der Waals surface area contributed by atoms with E-state index in [1.54, 1.807) is 24.4 Å². The third-order valence-electron chi connectivity index (χ3n) is 12.4. The third-order valence-corrected chi connectivity index (χ3v) is 13.7. The van der Waals surface area contributed by atoms with Gasteiger partial charge < -0.3 is 24.7 Å². The molecule has 0 spiro atoms. The molecule has 2 aliphatic heterocycles. The molecule has 3 fully saturated rings. The molecule has 6 aromatic rings. The molecule has 4 heterocycles. The molecule has 1 amide bonds. The highest BCUT2D eigenvalue weighted by atomic mass is 32.2. The maximum atomic E-state index is 13.9. The molecule has 61 heavy (non-hydrogen) atoms. The summed E-state index contributed by atoms with van der Waals surface area (Å²) in [5, 5.41) is 16.0. The molecule has 1 aliphatic carbocycles. The number of benzene rings is 4. The predicted molar refractivity (Wildman–Crippen MR) is 235 cm³/mol. The fourth-order valence-electron chi connectivity index (χ4n) is 9.16. The molecule has 9 rings (SSSR count). The van der Waals surface area contributed by atoms with Gasteiger partial charge in [0, 0.05) is 49.6 Å². The van der Waals surface area contributed by atoms with E-state index >= 15 is 0 Å². The number of aromatic amines is 1. The predicted octanol–water partition coefficient (Wildman–Crippen LogP) is 9.89. The number of hydrogen-bond acceptors (Lipinski definition) is 10. The monoisotopic (exact) mass is 840 g/mol. The number of nitro groups is 1. The van der Waals surface area contributed by atoms with Crippen molar-refractivity contribution >= 4 is 44.0 Å². The van der Waals surface area contributed by atoms with Crippen molar-refractivity contribution in [3.63, 3.8) is 0 Å². The van der Waals surface area contributed by atoms with E-state index in [-0.39, 0.29) is 22.9 Å². The first-order chi connectivity index (χ1) is 29.7. The first kappa shape index (κ1) is 40.2. The van der Waals surface area contributed by atoms with Crippen molar-refractivity contribution in [3.8, 4) is 22.6 Å². The fourth-order valence-corrected chi connectivity index (χ4v) is 10.1. The second-order valence-electron chi connectivity index (χ2n) is 16.2. The maximum Gasteiger partial charge on any atom is 0.293 e. The second-order valence-corrected chi connectivity index (χ2v) is 17.9. The molecule has 1 unspecified atom stereocenters.